The highest BCUT2D eigenvalue weighted by Gasteiger charge is 1.98. The largest absolute Gasteiger partial charge is 0.369 e. The fourth-order valence-electron chi connectivity index (χ4n) is 2.15. The molecule has 126 valence electrons. The molecule has 2 aromatic carbocycles. The molecule has 0 amide bonds. The highest BCUT2D eigenvalue weighted by Crippen LogP contribution is 2.16. The summed E-state index contributed by atoms with van der Waals surface area (Å²) in [6, 6.07) is 16.9. The van der Waals surface area contributed by atoms with E-state index in [9.17, 15) is 0 Å². The van der Waals surface area contributed by atoms with Gasteiger partial charge in [-0.1, -0.05) is 24.3 Å². The van der Waals surface area contributed by atoms with E-state index in [1.54, 1.807) is 0 Å². The van der Waals surface area contributed by atoms with Crippen molar-refractivity contribution in [1.82, 2.24) is 9.80 Å². The molecule has 2 aromatic rings. The van der Waals surface area contributed by atoms with Gasteiger partial charge in [-0.25, -0.2) is 9.98 Å². The standard InChI is InChI=1S/C20H26N4/c1-23(2)15-21-19-11-7-17(8-12-19)5-6-18-9-13-20(14-10-18)22-16-24(3)4/h7-16H,5-6H2,1-4H3. The lowest BCUT2D eigenvalue weighted by molar-refractivity contribution is 0.643. The third-order valence-electron chi connectivity index (χ3n) is 3.45. The summed E-state index contributed by atoms with van der Waals surface area (Å²) < 4.78 is 0. The Labute approximate surface area is 145 Å². The van der Waals surface area contributed by atoms with Crippen molar-refractivity contribution in [3.63, 3.8) is 0 Å². The fourth-order valence-corrected chi connectivity index (χ4v) is 2.15. The second kappa shape index (κ2) is 8.87. The van der Waals surface area contributed by atoms with Gasteiger partial charge in [0.05, 0.1) is 24.1 Å². The summed E-state index contributed by atoms with van der Waals surface area (Å²) in [5.74, 6) is 0. The van der Waals surface area contributed by atoms with E-state index in [4.69, 9.17) is 0 Å². The quantitative estimate of drug-likeness (QED) is 0.571. The molecule has 4 nitrogen and oxygen atoms in total. The molecule has 0 saturated carbocycles. The Hall–Kier alpha value is -2.62. The first-order valence-corrected chi connectivity index (χ1v) is 8.12. The van der Waals surface area contributed by atoms with Crippen LogP contribution in [0, 0.1) is 0 Å². The molecule has 0 aliphatic carbocycles. The van der Waals surface area contributed by atoms with Gasteiger partial charge in [0.1, 0.15) is 0 Å². The van der Waals surface area contributed by atoms with E-state index in [0.717, 1.165) is 24.2 Å². The van der Waals surface area contributed by atoms with Crippen LogP contribution in [0.1, 0.15) is 11.1 Å². The van der Waals surface area contributed by atoms with Crippen LogP contribution >= 0.6 is 0 Å². The van der Waals surface area contributed by atoms with E-state index in [1.807, 2.05) is 50.7 Å². The van der Waals surface area contributed by atoms with Crippen molar-refractivity contribution < 1.29 is 0 Å². The summed E-state index contributed by atoms with van der Waals surface area (Å²) in [5.41, 5.74) is 4.62. The molecule has 0 atom stereocenters. The molecule has 0 fully saturated rings. The molecule has 0 aliphatic heterocycles. The molecule has 0 bridgehead atoms. The number of benzene rings is 2. The second-order valence-corrected chi connectivity index (χ2v) is 6.25. The number of nitrogens with zero attached hydrogens (tertiary/aromatic N) is 4. The van der Waals surface area contributed by atoms with Crippen LogP contribution in [0.15, 0.2) is 58.5 Å². The molecule has 2 rings (SSSR count). The van der Waals surface area contributed by atoms with Crippen LogP contribution in [-0.4, -0.2) is 50.7 Å². The van der Waals surface area contributed by atoms with Crippen molar-refractivity contribution in [2.75, 3.05) is 28.2 Å². The van der Waals surface area contributed by atoms with Gasteiger partial charge in [-0.05, 0) is 48.2 Å². The maximum Gasteiger partial charge on any atom is 0.0907 e. The molecule has 4 heteroatoms. The molecule has 0 radical (unpaired) electrons. The lowest BCUT2D eigenvalue weighted by atomic mass is 10.0. The van der Waals surface area contributed by atoms with Gasteiger partial charge in [-0.3, -0.25) is 0 Å². The Kier molecular flexibility index (Phi) is 6.55. The molecule has 24 heavy (non-hydrogen) atoms. The average molecular weight is 322 g/mol. The normalized spacial score (nSPS) is 11.3. The smallest absolute Gasteiger partial charge is 0.0907 e. The van der Waals surface area contributed by atoms with Crippen LogP contribution in [0.4, 0.5) is 11.4 Å². The van der Waals surface area contributed by atoms with Crippen LogP contribution in [0.25, 0.3) is 0 Å². The number of hydrogen-bond acceptors (Lipinski definition) is 2. The minimum atomic E-state index is 0.982. The van der Waals surface area contributed by atoms with E-state index in [1.165, 1.54) is 11.1 Å². The van der Waals surface area contributed by atoms with Crippen molar-refractivity contribution in [3.05, 3.63) is 59.7 Å². The molecule has 0 aromatic heterocycles. The third-order valence-corrected chi connectivity index (χ3v) is 3.45. The zero-order chi connectivity index (χ0) is 17.4. The maximum absolute atomic E-state index is 4.39. The van der Waals surface area contributed by atoms with E-state index in [0.29, 0.717) is 0 Å². The van der Waals surface area contributed by atoms with Crippen molar-refractivity contribution in [1.29, 1.82) is 0 Å². The first-order valence-electron chi connectivity index (χ1n) is 8.12. The summed E-state index contributed by atoms with van der Waals surface area (Å²) in [5, 5.41) is 0. The van der Waals surface area contributed by atoms with Crippen LogP contribution in [0.2, 0.25) is 0 Å². The van der Waals surface area contributed by atoms with Crippen LogP contribution < -0.4 is 0 Å². The zero-order valence-corrected chi connectivity index (χ0v) is 15.0. The topological polar surface area (TPSA) is 31.2 Å². The van der Waals surface area contributed by atoms with Crippen LogP contribution in [0.3, 0.4) is 0 Å². The van der Waals surface area contributed by atoms with Gasteiger partial charge >= 0.3 is 0 Å². The minimum absolute atomic E-state index is 0.982. The highest BCUT2D eigenvalue weighted by atomic mass is 15.1. The lowest BCUT2D eigenvalue weighted by Crippen LogP contribution is -2.06. The molecule has 0 spiro atoms. The Morgan fingerprint density at radius 1 is 0.625 bits per heavy atom. The predicted octanol–water partition coefficient (Wildman–Crippen LogP) is 3.91. The Bertz CT molecular complexity index is 606. The molecule has 0 heterocycles. The number of aryl methyl sites for hydroxylation is 2. The lowest BCUT2D eigenvalue weighted by Gasteiger charge is -2.05. The zero-order valence-electron chi connectivity index (χ0n) is 15.0. The molecule has 0 N–H and O–H groups in total. The predicted molar refractivity (Wildman–Crippen MR) is 104 cm³/mol. The monoisotopic (exact) mass is 322 g/mol. The maximum atomic E-state index is 4.39. The molecule has 0 saturated heterocycles. The first-order chi connectivity index (χ1) is 11.5. The van der Waals surface area contributed by atoms with Crippen molar-refractivity contribution >= 4 is 24.1 Å². The number of aliphatic imine (C=N–C) groups is 2. The number of hydrogen-bond donors (Lipinski definition) is 0. The molecule has 0 aliphatic rings. The summed E-state index contributed by atoms with van der Waals surface area (Å²) in [6.45, 7) is 0. The van der Waals surface area contributed by atoms with E-state index >= 15 is 0 Å². The minimum Gasteiger partial charge on any atom is -0.369 e. The molecular weight excluding hydrogens is 296 g/mol. The third kappa shape index (κ3) is 6.24. The Morgan fingerprint density at radius 3 is 1.25 bits per heavy atom. The summed E-state index contributed by atoms with van der Waals surface area (Å²) in [6.07, 6.45) is 5.68. The van der Waals surface area contributed by atoms with Gasteiger partial charge in [-0.2, -0.15) is 0 Å². The average Bonchev–Trinajstić information content (AvgIpc) is 2.58. The Balaban J connectivity index is 1.89. The fraction of sp³-hybridized carbons (Fsp3) is 0.300. The van der Waals surface area contributed by atoms with Gasteiger partial charge in [0.25, 0.3) is 0 Å². The van der Waals surface area contributed by atoms with Gasteiger partial charge in [0.15, 0.2) is 0 Å². The van der Waals surface area contributed by atoms with Gasteiger partial charge < -0.3 is 9.80 Å². The highest BCUT2D eigenvalue weighted by molar-refractivity contribution is 5.61. The van der Waals surface area contributed by atoms with Crippen molar-refractivity contribution in [2.24, 2.45) is 9.98 Å². The van der Waals surface area contributed by atoms with E-state index < -0.39 is 0 Å². The van der Waals surface area contributed by atoms with Crippen LogP contribution in [0.5, 0.6) is 0 Å². The van der Waals surface area contributed by atoms with Crippen LogP contribution in [-0.2, 0) is 12.8 Å². The summed E-state index contributed by atoms with van der Waals surface area (Å²) >= 11 is 0. The van der Waals surface area contributed by atoms with Crippen molar-refractivity contribution in [2.45, 2.75) is 12.8 Å². The van der Waals surface area contributed by atoms with Gasteiger partial charge in [0.2, 0.25) is 0 Å². The summed E-state index contributed by atoms with van der Waals surface area (Å²) in [7, 11) is 7.87. The Morgan fingerprint density at radius 2 is 0.958 bits per heavy atom. The van der Waals surface area contributed by atoms with Gasteiger partial charge in [-0.15, -0.1) is 0 Å². The molecule has 0 unspecified atom stereocenters. The summed E-state index contributed by atoms with van der Waals surface area (Å²) in [4.78, 5) is 12.6. The second-order valence-electron chi connectivity index (χ2n) is 6.25. The van der Waals surface area contributed by atoms with Gasteiger partial charge in [0, 0.05) is 28.2 Å². The first kappa shape index (κ1) is 17.7. The SMILES string of the molecule is CN(C)C=Nc1ccc(CCc2ccc(N=CN(C)C)cc2)cc1. The number of rotatable bonds is 7. The van der Waals surface area contributed by atoms with Crippen molar-refractivity contribution in [3.8, 4) is 0 Å². The van der Waals surface area contributed by atoms with E-state index in [-0.39, 0.29) is 0 Å². The van der Waals surface area contributed by atoms with E-state index in [2.05, 4.69) is 58.5 Å². The molecular formula is C20H26N4.